The Kier molecular flexibility index (Phi) is 3.96. The summed E-state index contributed by atoms with van der Waals surface area (Å²) >= 11 is 2.61. The third kappa shape index (κ3) is 2.87. The Labute approximate surface area is 138 Å². The maximum absolute atomic E-state index is 10.8. The van der Waals surface area contributed by atoms with Crippen molar-refractivity contribution in [3.05, 3.63) is 51.4 Å². The minimum Gasteiger partial charge on any atom is -0.335 e. The number of nitro benzene ring substituents is 1. The summed E-state index contributed by atoms with van der Waals surface area (Å²) in [4.78, 5) is 11.6. The molecule has 0 aliphatic rings. The molecule has 2 N–H and O–H groups in total. The van der Waals surface area contributed by atoms with E-state index < -0.39 is 4.92 Å². The molecule has 0 saturated carbocycles. The summed E-state index contributed by atoms with van der Waals surface area (Å²) in [7, 11) is 0. The van der Waals surface area contributed by atoms with Crippen LogP contribution in [0.2, 0.25) is 0 Å². The lowest BCUT2D eigenvalue weighted by Crippen LogP contribution is -2.11. The topological polar surface area (TPSA) is 124 Å². The fourth-order valence-electron chi connectivity index (χ4n) is 1.83. The van der Waals surface area contributed by atoms with Crippen LogP contribution in [0.15, 0.2) is 45.8 Å². The summed E-state index contributed by atoms with van der Waals surface area (Å²) in [6.07, 6.45) is 0. The quantitative estimate of drug-likeness (QED) is 0.438. The molecular weight excluding hydrogens is 336 g/mol. The number of hydrogen-bond acceptors (Lipinski definition) is 8. The number of benzene rings is 1. The van der Waals surface area contributed by atoms with Crippen molar-refractivity contribution in [2.75, 3.05) is 5.84 Å². The van der Waals surface area contributed by atoms with Crippen LogP contribution in [0, 0.1) is 21.4 Å². The molecule has 0 aliphatic heterocycles. The normalized spacial score (nSPS) is 10.4. The third-order valence-electron chi connectivity index (χ3n) is 2.90. The van der Waals surface area contributed by atoms with Crippen LogP contribution in [-0.4, -0.2) is 19.8 Å². The predicted molar refractivity (Wildman–Crippen MR) is 85.4 cm³/mol. The van der Waals surface area contributed by atoms with Crippen LogP contribution in [0.4, 0.5) is 5.69 Å². The zero-order chi connectivity index (χ0) is 16.4. The molecule has 2 aromatic heterocycles. The summed E-state index contributed by atoms with van der Waals surface area (Å²) in [5.41, 5.74) is 0.0456. The molecule has 3 aromatic rings. The number of thiophene rings is 1. The Morgan fingerprint density at radius 2 is 2.22 bits per heavy atom. The third-order valence-corrected chi connectivity index (χ3v) is 4.80. The van der Waals surface area contributed by atoms with Gasteiger partial charge in [-0.25, -0.2) is 4.68 Å². The number of aromatic nitrogens is 3. The first kappa shape index (κ1) is 15.0. The highest BCUT2D eigenvalue weighted by molar-refractivity contribution is 7.99. The largest absolute Gasteiger partial charge is 0.335 e. The van der Waals surface area contributed by atoms with Crippen molar-refractivity contribution in [2.24, 2.45) is 0 Å². The highest BCUT2D eigenvalue weighted by Gasteiger charge is 2.17. The van der Waals surface area contributed by atoms with Crippen molar-refractivity contribution in [3.63, 3.8) is 0 Å². The van der Waals surface area contributed by atoms with Crippen LogP contribution in [0.25, 0.3) is 10.7 Å². The van der Waals surface area contributed by atoms with Gasteiger partial charge in [-0.1, -0.05) is 6.07 Å². The number of nitriles is 1. The number of hydrogen-bond donors (Lipinski definition) is 1. The van der Waals surface area contributed by atoms with Crippen molar-refractivity contribution in [1.29, 1.82) is 5.26 Å². The summed E-state index contributed by atoms with van der Waals surface area (Å²) < 4.78 is 1.33. The maximum atomic E-state index is 10.8. The first-order valence-electron chi connectivity index (χ1n) is 6.21. The van der Waals surface area contributed by atoms with Crippen LogP contribution in [0.5, 0.6) is 0 Å². The second-order valence-corrected chi connectivity index (χ2v) is 6.26. The van der Waals surface area contributed by atoms with Gasteiger partial charge in [-0.15, -0.1) is 21.5 Å². The van der Waals surface area contributed by atoms with Gasteiger partial charge in [0.2, 0.25) is 5.16 Å². The predicted octanol–water partition coefficient (Wildman–Crippen LogP) is 2.65. The lowest BCUT2D eigenvalue weighted by Gasteiger charge is -2.04. The van der Waals surface area contributed by atoms with Crippen molar-refractivity contribution < 1.29 is 4.92 Å². The van der Waals surface area contributed by atoms with Gasteiger partial charge in [0.05, 0.1) is 15.4 Å². The second kappa shape index (κ2) is 6.07. The van der Waals surface area contributed by atoms with E-state index >= 15 is 0 Å². The van der Waals surface area contributed by atoms with E-state index in [1.54, 1.807) is 0 Å². The number of nitro groups is 1. The van der Waals surface area contributed by atoms with Gasteiger partial charge in [0, 0.05) is 17.0 Å². The first-order valence-corrected chi connectivity index (χ1v) is 7.90. The standard InChI is InChI=1S/C13H8N6O2S2/c14-7-8-6-9(19(20)21)3-4-10(8)23-13-17-16-12(18(13)15)11-2-1-5-22-11/h1-6H,15H2. The van der Waals surface area contributed by atoms with Gasteiger partial charge < -0.3 is 5.84 Å². The van der Waals surface area contributed by atoms with Crippen molar-refractivity contribution in [3.8, 4) is 16.8 Å². The molecule has 10 heteroatoms. The summed E-state index contributed by atoms with van der Waals surface area (Å²) in [6, 6.07) is 9.75. The Morgan fingerprint density at radius 3 is 2.87 bits per heavy atom. The Balaban J connectivity index is 1.94. The van der Waals surface area contributed by atoms with Crippen LogP contribution in [0.1, 0.15) is 5.56 Å². The van der Waals surface area contributed by atoms with Gasteiger partial charge in [0.25, 0.3) is 5.69 Å². The van der Waals surface area contributed by atoms with Gasteiger partial charge in [0.1, 0.15) is 6.07 Å². The van der Waals surface area contributed by atoms with Gasteiger partial charge in [0.15, 0.2) is 5.82 Å². The van der Waals surface area contributed by atoms with Gasteiger partial charge in [-0.3, -0.25) is 10.1 Å². The fraction of sp³-hybridized carbons (Fsp3) is 0. The summed E-state index contributed by atoms with van der Waals surface area (Å²) in [6.45, 7) is 0. The van der Waals surface area contributed by atoms with Crippen LogP contribution >= 0.6 is 23.1 Å². The van der Waals surface area contributed by atoms with E-state index in [9.17, 15) is 10.1 Å². The Morgan fingerprint density at radius 1 is 1.39 bits per heavy atom. The molecule has 0 bridgehead atoms. The number of nitrogens with zero attached hydrogens (tertiary/aromatic N) is 5. The van der Waals surface area contributed by atoms with E-state index in [2.05, 4.69) is 10.2 Å². The Hall–Kier alpha value is -2.90. The SMILES string of the molecule is N#Cc1cc([N+](=O)[O-])ccc1Sc1nnc(-c2cccs2)n1N. The molecular formula is C13H8N6O2S2. The molecule has 0 fully saturated rings. The number of rotatable bonds is 4. The van der Waals surface area contributed by atoms with Crippen molar-refractivity contribution in [2.45, 2.75) is 10.1 Å². The number of nitrogens with two attached hydrogens (primary N) is 1. The molecule has 1 aromatic carbocycles. The maximum Gasteiger partial charge on any atom is 0.270 e. The molecule has 23 heavy (non-hydrogen) atoms. The second-order valence-electron chi connectivity index (χ2n) is 4.30. The number of non-ortho nitro benzene ring substituents is 1. The lowest BCUT2D eigenvalue weighted by atomic mass is 10.2. The zero-order valence-electron chi connectivity index (χ0n) is 11.4. The molecule has 0 aliphatic carbocycles. The lowest BCUT2D eigenvalue weighted by molar-refractivity contribution is -0.384. The molecule has 0 saturated heterocycles. The molecule has 2 heterocycles. The monoisotopic (exact) mass is 344 g/mol. The minimum atomic E-state index is -0.546. The summed E-state index contributed by atoms with van der Waals surface area (Å²) in [5.74, 6) is 6.51. The van der Waals surface area contributed by atoms with Crippen LogP contribution in [-0.2, 0) is 0 Å². The van der Waals surface area contributed by atoms with E-state index in [0.717, 1.165) is 16.6 Å². The molecule has 0 radical (unpaired) electrons. The van der Waals surface area contributed by atoms with Gasteiger partial charge >= 0.3 is 0 Å². The molecule has 114 valence electrons. The highest BCUT2D eigenvalue weighted by atomic mass is 32.2. The van der Waals surface area contributed by atoms with Crippen molar-refractivity contribution >= 4 is 28.8 Å². The van der Waals surface area contributed by atoms with Crippen molar-refractivity contribution in [1.82, 2.24) is 14.9 Å². The van der Waals surface area contributed by atoms with E-state index in [1.165, 1.54) is 34.2 Å². The van der Waals surface area contributed by atoms with Gasteiger partial charge in [-0.2, -0.15) is 5.26 Å². The fourth-order valence-corrected chi connectivity index (χ4v) is 3.35. The Bertz CT molecular complexity index is 913. The van der Waals surface area contributed by atoms with Crippen LogP contribution in [0.3, 0.4) is 0 Å². The molecule has 0 amide bonds. The minimum absolute atomic E-state index is 0.139. The first-order chi connectivity index (χ1) is 11.1. The molecule has 8 nitrogen and oxygen atoms in total. The number of nitrogen functional groups attached to an aromatic ring is 1. The average molecular weight is 344 g/mol. The molecule has 0 spiro atoms. The smallest absolute Gasteiger partial charge is 0.270 e. The zero-order valence-corrected chi connectivity index (χ0v) is 13.0. The molecule has 0 unspecified atom stereocenters. The highest BCUT2D eigenvalue weighted by Crippen LogP contribution is 2.32. The van der Waals surface area contributed by atoms with Crippen LogP contribution < -0.4 is 5.84 Å². The van der Waals surface area contributed by atoms with E-state index in [1.807, 2.05) is 23.6 Å². The van der Waals surface area contributed by atoms with E-state index in [0.29, 0.717) is 15.9 Å². The summed E-state index contributed by atoms with van der Waals surface area (Å²) in [5, 5.41) is 30.3. The van der Waals surface area contributed by atoms with Gasteiger partial charge in [-0.05, 0) is 29.3 Å². The molecule has 0 atom stereocenters. The molecule has 3 rings (SSSR count). The average Bonchev–Trinajstić information content (AvgIpc) is 3.18. The van der Waals surface area contributed by atoms with E-state index in [-0.39, 0.29) is 11.3 Å². The van der Waals surface area contributed by atoms with E-state index in [4.69, 9.17) is 11.1 Å².